The number of anilines is 1. The average molecular weight is 380 g/mol. The molecular weight excluding hydrogens is 360 g/mol. The fourth-order valence-corrected chi connectivity index (χ4v) is 2.65. The second-order valence-electron chi connectivity index (χ2n) is 6.11. The zero-order valence-corrected chi connectivity index (χ0v) is 14.1. The van der Waals surface area contributed by atoms with Gasteiger partial charge >= 0.3 is 5.97 Å². The molecule has 1 aliphatic rings. The van der Waals surface area contributed by atoms with E-state index in [2.05, 4.69) is 10.3 Å². The minimum Gasteiger partial charge on any atom is -0.455 e. The van der Waals surface area contributed by atoms with Crippen molar-refractivity contribution in [3.8, 4) is 0 Å². The third kappa shape index (κ3) is 4.07. The SMILES string of the molecule is Nc1ccc(C(=O)OCc2cn([C@H]3O[C@H](CO)[C@@H](O)[C@H](O)[C@@H]3O)nn2)cc1. The van der Waals surface area contributed by atoms with Crippen LogP contribution in [0.3, 0.4) is 0 Å². The molecule has 146 valence electrons. The van der Waals surface area contributed by atoms with E-state index in [0.29, 0.717) is 11.3 Å². The monoisotopic (exact) mass is 380 g/mol. The first-order valence-electron chi connectivity index (χ1n) is 8.14. The largest absolute Gasteiger partial charge is 0.455 e. The van der Waals surface area contributed by atoms with Crippen LogP contribution in [-0.2, 0) is 16.1 Å². The number of aliphatic hydroxyl groups excluding tert-OH is 4. The van der Waals surface area contributed by atoms with Gasteiger partial charge in [0.2, 0.25) is 0 Å². The lowest BCUT2D eigenvalue weighted by atomic mass is 9.98. The molecule has 0 saturated carbocycles. The quantitative estimate of drug-likeness (QED) is 0.294. The van der Waals surface area contributed by atoms with Crippen molar-refractivity contribution in [2.24, 2.45) is 0 Å². The van der Waals surface area contributed by atoms with Gasteiger partial charge in [-0.1, -0.05) is 5.21 Å². The van der Waals surface area contributed by atoms with E-state index in [1.807, 2.05) is 0 Å². The molecule has 11 heteroatoms. The molecule has 3 rings (SSSR count). The van der Waals surface area contributed by atoms with Crippen LogP contribution >= 0.6 is 0 Å². The van der Waals surface area contributed by atoms with Crippen LogP contribution in [0, 0.1) is 0 Å². The summed E-state index contributed by atoms with van der Waals surface area (Å²) in [5.74, 6) is -0.572. The minimum absolute atomic E-state index is 0.180. The highest BCUT2D eigenvalue weighted by atomic mass is 16.6. The normalized spacial score (nSPS) is 28.1. The first-order valence-corrected chi connectivity index (χ1v) is 8.14. The number of benzene rings is 1. The Kier molecular flexibility index (Phi) is 5.68. The summed E-state index contributed by atoms with van der Waals surface area (Å²) < 4.78 is 11.6. The zero-order chi connectivity index (χ0) is 19.6. The predicted molar refractivity (Wildman–Crippen MR) is 89.0 cm³/mol. The lowest BCUT2D eigenvalue weighted by Crippen LogP contribution is -2.56. The van der Waals surface area contributed by atoms with E-state index in [1.165, 1.54) is 18.3 Å². The number of aromatic nitrogens is 3. The van der Waals surface area contributed by atoms with Gasteiger partial charge < -0.3 is 35.6 Å². The second kappa shape index (κ2) is 7.98. The van der Waals surface area contributed by atoms with Crippen molar-refractivity contribution < 1.29 is 34.7 Å². The van der Waals surface area contributed by atoms with Crippen molar-refractivity contribution >= 4 is 11.7 Å². The van der Waals surface area contributed by atoms with Gasteiger partial charge in [-0.2, -0.15) is 0 Å². The van der Waals surface area contributed by atoms with Crippen LogP contribution in [0.2, 0.25) is 0 Å². The molecule has 1 aromatic heterocycles. The van der Waals surface area contributed by atoms with E-state index in [9.17, 15) is 25.2 Å². The maximum Gasteiger partial charge on any atom is 0.338 e. The standard InChI is InChI=1S/C16H20N4O7/c17-9-3-1-8(2-4-9)16(25)26-7-10-5-20(19-18-10)15-14(24)13(23)12(22)11(6-21)27-15/h1-5,11-15,21-24H,6-7,17H2/t11-,12-,13+,14+,15+/m1/s1. The molecule has 2 heterocycles. The molecule has 27 heavy (non-hydrogen) atoms. The number of nitrogens with zero attached hydrogens (tertiary/aromatic N) is 3. The molecule has 1 fully saturated rings. The number of carbonyl (C=O) groups is 1. The van der Waals surface area contributed by atoms with Gasteiger partial charge in [-0.05, 0) is 24.3 Å². The van der Waals surface area contributed by atoms with E-state index in [-0.39, 0.29) is 12.3 Å². The van der Waals surface area contributed by atoms with Crippen LogP contribution < -0.4 is 5.73 Å². The summed E-state index contributed by atoms with van der Waals surface area (Å²) in [6.07, 6.45) is -5.36. The Bertz CT molecular complexity index is 779. The number of rotatable bonds is 5. The molecule has 1 aliphatic heterocycles. The number of hydrogen-bond donors (Lipinski definition) is 5. The highest BCUT2D eigenvalue weighted by Crippen LogP contribution is 2.27. The number of nitrogens with two attached hydrogens (primary N) is 1. The van der Waals surface area contributed by atoms with Gasteiger partial charge in [-0.25, -0.2) is 9.48 Å². The molecule has 0 amide bonds. The Morgan fingerprint density at radius 1 is 1.19 bits per heavy atom. The van der Waals surface area contributed by atoms with Gasteiger partial charge in [-0.3, -0.25) is 0 Å². The maximum atomic E-state index is 12.0. The summed E-state index contributed by atoms with van der Waals surface area (Å²) in [5.41, 5.74) is 6.68. The van der Waals surface area contributed by atoms with Crippen LogP contribution in [0.4, 0.5) is 5.69 Å². The summed E-state index contributed by atoms with van der Waals surface area (Å²) in [5, 5.41) is 46.5. The third-order valence-corrected chi connectivity index (χ3v) is 4.18. The molecule has 0 radical (unpaired) electrons. The van der Waals surface area contributed by atoms with Crippen molar-refractivity contribution in [3.05, 3.63) is 41.7 Å². The molecule has 11 nitrogen and oxygen atoms in total. The molecule has 1 aromatic carbocycles. The second-order valence-corrected chi connectivity index (χ2v) is 6.11. The fourth-order valence-electron chi connectivity index (χ4n) is 2.65. The van der Waals surface area contributed by atoms with Crippen LogP contribution in [0.25, 0.3) is 0 Å². The first-order chi connectivity index (χ1) is 12.9. The molecule has 0 aliphatic carbocycles. The fraction of sp³-hybridized carbons (Fsp3) is 0.438. The van der Waals surface area contributed by atoms with Gasteiger partial charge in [0.05, 0.1) is 18.4 Å². The Labute approximate surface area is 153 Å². The lowest BCUT2D eigenvalue weighted by Gasteiger charge is -2.39. The Hall–Kier alpha value is -2.57. The summed E-state index contributed by atoms with van der Waals surface area (Å²) >= 11 is 0. The number of esters is 1. The van der Waals surface area contributed by atoms with E-state index < -0.39 is 43.2 Å². The van der Waals surface area contributed by atoms with E-state index in [1.54, 1.807) is 12.1 Å². The van der Waals surface area contributed by atoms with Gasteiger partial charge in [0, 0.05) is 5.69 Å². The van der Waals surface area contributed by atoms with E-state index in [0.717, 1.165) is 4.68 Å². The summed E-state index contributed by atoms with van der Waals surface area (Å²) in [4.78, 5) is 12.0. The van der Waals surface area contributed by atoms with Gasteiger partial charge in [0.15, 0.2) is 6.23 Å². The highest BCUT2D eigenvalue weighted by Gasteiger charge is 2.44. The van der Waals surface area contributed by atoms with Crippen LogP contribution in [0.5, 0.6) is 0 Å². The van der Waals surface area contributed by atoms with Crippen LogP contribution in [-0.4, -0.2) is 72.4 Å². The molecule has 0 spiro atoms. The van der Waals surface area contributed by atoms with Crippen molar-refractivity contribution in [3.63, 3.8) is 0 Å². The highest BCUT2D eigenvalue weighted by molar-refractivity contribution is 5.89. The summed E-state index contributed by atoms with van der Waals surface area (Å²) in [6, 6.07) is 6.21. The Balaban J connectivity index is 1.64. The minimum atomic E-state index is -1.53. The maximum absolute atomic E-state index is 12.0. The molecule has 0 unspecified atom stereocenters. The summed E-state index contributed by atoms with van der Waals surface area (Å²) in [7, 11) is 0. The number of aliphatic hydroxyl groups is 4. The number of hydrogen-bond acceptors (Lipinski definition) is 10. The molecule has 5 atom stereocenters. The third-order valence-electron chi connectivity index (χ3n) is 4.18. The lowest BCUT2D eigenvalue weighted by molar-refractivity contribution is -0.254. The molecular formula is C16H20N4O7. The average Bonchev–Trinajstić information content (AvgIpc) is 3.14. The van der Waals surface area contributed by atoms with Gasteiger partial charge in [0.25, 0.3) is 0 Å². The molecule has 2 aromatic rings. The zero-order valence-electron chi connectivity index (χ0n) is 14.1. The van der Waals surface area contributed by atoms with Crippen molar-refractivity contribution in [2.45, 2.75) is 37.3 Å². The van der Waals surface area contributed by atoms with E-state index >= 15 is 0 Å². The number of nitrogen functional groups attached to an aromatic ring is 1. The van der Waals surface area contributed by atoms with Gasteiger partial charge in [-0.15, -0.1) is 5.10 Å². The topological polar surface area (TPSA) is 173 Å². The van der Waals surface area contributed by atoms with Crippen molar-refractivity contribution in [1.82, 2.24) is 15.0 Å². The van der Waals surface area contributed by atoms with Gasteiger partial charge in [0.1, 0.15) is 36.7 Å². The van der Waals surface area contributed by atoms with Crippen molar-refractivity contribution in [1.29, 1.82) is 0 Å². The van der Waals surface area contributed by atoms with Crippen molar-refractivity contribution in [2.75, 3.05) is 12.3 Å². The predicted octanol–water partition coefficient (Wildman–Crippen LogP) is -1.81. The Morgan fingerprint density at radius 2 is 1.89 bits per heavy atom. The number of ether oxygens (including phenoxy) is 2. The molecule has 1 saturated heterocycles. The smallest absolute Gasteiger partial charge is 0.338 e. The Morgan fingerprint density at radius 3 is 2.56 bits per heavy atom. The molecule has 0 bridgehead atoms. The van der Waals surface area contributed by atoms with Crippen LogP contribution in [0.1, 0.15) is 22.3 Å². The van der Waals surface area contributed by atoms with Crippen LogP contribution in [0.15, 0.2) is 30.5 Å². The molecule has 6 N–H and O–H groups in total. The first kappa shape index (κ1) is 19.2. The number of carbonyl (C=O) groups excluding carboxylic acids is 1. The van der Waals surface area contributed by atoms with E-state index in [4.69, 9.17) is 15.2 Å². The summed E-state index contributed by atoms with van der Waals surface area (Å²) in [6.45, 7) is -0.733.